The minimum Gasteiger partial charge on any atom is -0.369 e. The van der Waals surface area contributed by atoms with Crippen molar-refractivity contribution in [3.8, 4) is 0 Å². The zero-order valence-corrected chi connectivity index (χ0v) is 17.9. The Labute approximate surface area is 180 Å². The van der Waals surface area contributed by atoms with Gasteiger partial charge >= 0.3 is 6.03 Å². The first-order valence-corrected chi connectivity index (χ1v) is 10.6. The molecule has 0 saturated carbocycles. The number of hydrogen-bond donors (Lipinski definition) is 1. The van der Waals surface area contributed by atoms with Gasteiger partial charge in [0.2, 0.25) is 0 Å². The maximum atomic E-state index is 12.8. The molecule has 30 heavy (non-hydrogen) atoms. The van der Waals surface area contributed by atoms with E-state index in [1.807, 2.05) is 67.7 Å². The quantitative estimate of drug-likeness (QED) is 0.445. The van der Waals surface area contributed by atoms with E-state index < -0.39 is 0 Å². The molecule has 0 aliphatic carbocycles. The van der Waals surface area contributed by atoms with E-state index in [0.717, 1.165) is 33.1 Å². The summed E-state index contributed by atoms with van der Waals surface area (Å²) >= 11 is 1.62. The van der Waals surface area contributed by atoms with Gasteiger partial charge in [-0.1, -0.05) is 54.6 Å². The number of carbonyl (C=O) groups is 1. The van der Waals surface area contributed by atoms with Gasteiger partial charge < -0.3 is 15.1 Å². The number of nitrogens with one attached hydrogen (secondary N) is 1. The van der Waals surface area contributed by atoms with Gasteiger partial charge in [-0.05, 0) is 29.8 Å². The van der Waals surface area contributed by atoms with E-state index in [-0.39, 0.29) is 6.03 Å². The lowest BCUT2D eigenvalue weighted by molar-refractivity contribution is 0.220. The molecule has 3 aromatic carbocycles. The maximum Gasteiger partial charge on any atom is 0.322 e. The van der Waals surface area contributed by atoms with Crippen LogP contribution in [0.25, 0.3) is 10.2 Å². The van der Waals surface area contributed by atoms with E-state index in [2.05, 4.69) is 33.4 Å². The molecule has 5 nitrogen and oxygen atoms in total. The second kappa shape index (κ2) is 8.97. The number of hydrogen-bond acceptors (Lipinski definition) is 4. The predicted octanol–water partition coefficient (Wildman–Crippen LogP) is 5.60. The third kappa shape index (κ3) is 4.60. The van der Waals surface area contributed by atoms with E-state index in [1.54, 1.807) is 23.3 Å². The normalized spacial score (nSPS) is 10.7. The van der Waals surface area contributed by atoms with Gasteiger partial charge in [0.05, 0.1) is 28.1 Å². The van der Waals surface area contributed by atoms with Crippen LogP contribution in [0, 0.1) is 0 Å². The zero-order chi connectivity index (χ0) is 20.9. The van der Waals surface area contributed by atoms with Crippen LogP contribution in [0.5, 0.6) is 0 Å². The summed E-state index contributed by atoms with van der Waals surface area (Å²) in [4.78, 5) is 21.3. The van der Waals surface area contributed by atoms with Crippen molar-refractivity contribution >= 4 is 39.0 Å². The Morgan fingerprint density at radius 3 is 2.40 bits per heavy atom. The minimum atomic E-state index is -0.158. The fraction of sp³-hybridized carbons (Fsp3) is 0.167. The Hall–Kier alpha value is -3.38. The zero-order valence-electron chi connectivity index (χ0n) is 17.1. The van der Waals surface area contributed by atoms with Crippen LogP contribution in [-0.2, 0) is 13.1 Å². The average molecular weight is 417 g/mol. The molecule has 0 spiro atoms. The Morgan fingerprint density at radius 1 is 0.900 bits per heavy atom. The van der Waals surface area contributed by atoms with Crippen molar-refractivity contribution in [1.82, 2.24) is 9.88 Å². The lowest BCUT2D eigenvalue weighted by Crippen LogP contribution is -2.31. The van der Waals surface area contributed by atoms with Gasteiger partial charge in [-0.2, -0.15) is 0 Å². The third-order valence-electron chi connectivity index (χ3n) is 4.88. The smallest absolute Gasteiger partial charge is 0.322 e. The van der Waals surface area contributed by atoms with Crippen molar-refractivity contribution in [3.05, 3.63) is 89.4 Å². The molecule has 1 aromatic heterocycles. The number of para-hydroxylation sites is 3. The molecule has 0 unspecified atom stereocenters. The van der Waals surface area contributed by atoms with E-state index in [0.29, 0.717) is 6.54 Å². The first-order valence-electron chi connectivity index (χ1n) is 9.81. The van der Waals surface area contributed by atoms with Gasteiger partial charge in [0.25, 0.3) is 0 Å². The van der Waals surface area contributed by atoms with Gasteiger partial charge in [-0.25, -0.2) is 9.78 Å². The molecule has 0 saturated heterocycles. The van der Waals surface area contributed by atoms with Gasteiger partial charge in [-0.15, -0.1) is 11.3 Å². The highest BCUT2D eigenvalue weighted by Gasteiger charge is 2.15. The second-order valence-electron chi connectivity index (χ2n) is 7.22. The number of thiazole rings is 1. The first-order chi connectivity index (χ1) is 14.6. The summed E-state index contributed by atoms with van der Waals surface area (Å²) in [6.07, 6.45) is 0. The fourth-order valence-corrected chi connectivity index (χ4v) is 4.35. The van der Waals surface area contributed by atoms with Gasteiger partial charge in [0.15, 0.2) is 0 Å². The number of anilines is 2. The number of fused-ring (bicyclic) bond motifs is 1. The highest BCUT2D eigenvalue weighted by atomic mass is 32.1. The van der Waals surface area contributed by atoms with Crippen LogP contribution in [0.2, 0.25) is 0 Å². The van der Waals surface area contributed by atoms with Crippen LogP contribution in [0.1, 0.15) is 10.6 Å². The molecule has 6 heteroatoms. The number of carbonyl (C=O) groups excluding carboxylic acids is 1. The number of amides is 2. The molecule has 0 aliphatic rings. The van der Waals surface area contributed by atoms with Crippen molar-refractivity contribution in [3.63, 3.8) is 0 Å². The minimum absolute atomic E-state index is 0.158. The largest absolute Gasteiger partial charge is 0.369 e. The standard InChI is InChI=1S/C24H24N4OS/c1-27(16-18-10-4-3-5-11-18)21-14-8-6-12-19(21)26-24(29)28(2)17-23-25-20-13-7-9-15-22(20)30-23/h3-15H,16-17H2,1-2H3,(H,26,29). The molecule has 0 fully saturated rings. The Balaban J connectivity index is 1.44. The molecule has 152 valence electrons. The summed E-state index contributed by atoms with van der Waals surface area (Å²) in [6.45, 7) is 1.22. The number of nitrogens with zero attached hydrogens (tertiary/aromatic N) is 3. The van der Waals surface area contributed by atoms with E-state index in [1.165, 1.54) is 5.56 Å². The molecule has 4 rings (SSSR count). The molecule has 4 aromatic rings. The van der Waals surface area contributed by atoms with Crippen molar-refractivity contribution in [1.29, 1.82) is 0 Å². The molecule has 0 bridgehead atoms. The monoisotopic (exact) mass is 416 g/mol. The summed E-state index contributed by atoms with van der Waals surface area (Å²) in [5.41, 5.74) is 3.95. The second-order valence-corrected chi connectivity index (χ2v) is 8.34. The number of rotatable bonds is 6. The maximum absolute atomic E-state index is 12.8. The first kappa shape index (κ1) is 19.9. The summed E-state index contributed by atoms with van der Waals surface area (Å²) in [7, 11) is 3.82. The SMILES string of the molecule is CN(Cc1nc2ccccc2s1)C(=O)Nc1ccccc1N(C)Cc1ccccc1. The molecule has 0 radical (unpaired) electrons. The van der Waals surface area contributed by atoms with Crippen molar-refractivity contribution in [2.45, 2.75) is 13.1 Å². The third-order valence-corrected chi connectivity index (χ3v) is 5.90. The van der Waals surface area contributed by atoms with E-state index in [9.17, 15) is 4.79 Å². The molecule has 0 atom stereocenters. The molecule has 2 amide bonds. The molecular weight excluding hydrogens is 392 g/mol. The topological polar surface area (TPSA) is 48.5 Å². The summed E-state index contributed by atoms with van der Waals surface area (Å²) in [5, 5.41) is 3.97. The van der Waals surface area contributed by atoms with Crippen LogP contribution in [0.4, 0.5) is 16.2 Å². The summed E-state index contributed by atoms with van der Waals surface area (Å²) in [6, 6.07) is 26.0. The summed E-state index contributed by atoms with van der Waals surface area (Å²) in [5.74, 6) is 0. The van der Waals surface area contributed by atoms with Crippen LogP contribution < -0.4 is 10.2 Å². The highest BCUT2D eigenvalue weighted by molar-refractivity contribution is 7.18. The van der Waals surface area contributed by atoms with Gasteiger partial charge in [-0.3, -0.25) is 0 Å². The van der Waals surface area contributed by atoms with E-state index in [4.69, 9.17) is 0 Å². The summed E-state index contributed by atoms with van der Waals surface area (Å²) < 4.78 is 1.13. The van der Waals surface area contributed by atoms with Gasteiger partial charge in [0, 0.05) is 20.6 Å². The fourth-order valence-electron chi connectivity index (χ4n) is 3.33. The average Bonchev–Trinajstić information content (AvgIpc) is 3.17. The molecule has 1 N–H and O–H groups in total. The van der Waals surface area contributed by atoms with E-state index >= 15 is 0 Å². The van der Waals surface area contributed by atoms with Crippen LogP contribution in [-0.4, -0.2) is 30.0 Å². The van der Waals surface area contributed by atoms with Crippen LogP contribution in [0.3, 0.4) is 0 Å². The Morgan fingerprint density at radius 2 is 1.60 bits per heavy atom. The Bertz CT molecular complexity index is 1110. The lowest BCUT2D eigenvalue weighted by atomic mass is 10.2. The van der Waals surface area contributed by atoms with Crippen molar-refractivity contribution in [2.75, 3.05) is 24.3 Å². The highest BCUT2D eigenvalue weighted by Crippen LogP contribution is 2.27. The van der Waals surface area contributed by atoms with Crippen LogP contribution in [0.15, 0.2) is 78.9 Å². The number of benzene rings is 3. The predicted molar refractivity (Wildman–Crippen MR) is 125 cm³/mol. The molecule has 1 heterocycles. The number of aromatic nitrogens is 1. The van der Waals surface area contributed by atoms with Crippen LogP contribution >= 0.6 is 11.3 Å². The molecular formula is C24H24N4OS. The molecule has 0 aliphatic heterocycles. The number of urea groups is 1. The lowest BCUT2D eigenvalue weighted by Gasteiger charge is -2.24. The van der Waals surface area contributed by atoms with Crippen molar-refractivity contribution < 1.29 is 4.79 Å². The van der Waals surface area contributed by atoms with Crippen molar-refractivity contribution in [2.24, 2.45) is 0 Å². The van der Waals surface area contributed by atoms with Gasteiger partial charge in [0.1, 0.15) is 5.01 Å². The Kier molecular flexibility index (Phi) is 5.95.